The van der Waals surface area contributed by atoms with Gasteiger partial charge in [0.1, 0.15) is 0 Å². The highest BCUT2D eigenvalue weighted by molar-refractivity contribution is 5.93. The van der Waals surface area contributed by atoms with Crippen LogP contribution in [0.25, 0.3) is 0 Å². The van der Waals surface area contributed by atoms with Gasteiger partial charge in [-0.25, -0.2) is 0 Å². The molecule has 0 saturated carbocycles. The molecule has 114 valence electrons. The smallest absolute Gasteiger partial charge is 0.224 e. The number of hydrogen-bond donors (Lipinski definition) is 0. The molecule has 0 heterocycles. The number of rotatable bonds is 4. The quantitative estimate of drug-likeness (QED) is 0.676. The lowest BCUT2D eigenvalue weighted by Gasteiger charge is -2.32. The molecule has 0 unspecified atom stereocenters. The van der Waals surface area contributed by atoms with Gasteiger partial charge in [-0.2, -0.15) is 0 Å². The molecule has 0 aliphatic carbocycles. The van der Waals surface area contributed by atoms with Crippen LogP contribution in [0.15, 0.2) is 91.0 Å². The average Bonchev–Trinajstić information content (AvgIpc) is 2.61. The Kier molecular flexibility index (Phi) is 4.53. The lowest BCUT2D eigenvalue weighted by atomic mass is 9.96. The Bertz CT molecular complexity index is 714. The van der Waals surface area contributed by atoms with E-state index in [2.05, 4.69) is 24.3 Å². The summed E-state index contributed by atoms with van der Waals surface area (Å²) in [6, 6.07) is 30.0. The summed E-state index contributed by atoms with van der Waals surface area (Å²) in [4.78, 5) is 14.3. The highest BCUT2D eigenvalue weighted by atomic mass is 16.2. The van der Waals surface area contributed by atoms with Gasteiger partial charge in [-0.15, -0.1) is 0 Å². The van der Waals surface area contributed by atoms with Crippen LogP contribution in [0.5, 0.6) is 0 Å². The zero-order chi connectivity index (χ0) is 16.1. The van der Waals surface area contributed by atoms with Crippen molar-refractivity contribution in [2.24, 2.45) is 0 Å². The summed E-state index contributed by atoms with van der Waals surface area (Å²) >= 11 is 0. The molecule has 2 heteroatoms. The first-order valence-electron chi connectivity index (χ1n) is 7.72. The summed E-state index contributed by atoms with van der Waals surface area (Å²) < 4.78 is 0. The van der Waals surface area contributed by atoms with Gasteiger partial charge in [0.25, 0.3) is 0 Å². The van der Waals surface area contributed by atoms with Gasteiger partial charge in [0.2, 0.25) is 5.91 Å². The van der Waals surface area contributed by atoms with E-state index in [-0.39, 0.29) is 11.9 Å². The third-order valence-electron chi connectivity index (χ3n) is 3.86. The molecular weight excluding hydrogens is 282 g/mol. The standard InChI is InChI=1S/C21H19NO/c1-17(23)22(20-15-9-4-10-16-20)21(18-11-5-2-6-12-18)19-13-7-3-8-14-19/h2-16,21H,1H3. The predicted octanol–water partition coefficient (Wildman–Crippen LogP) is 4.83. The van der Waals surface area contributed by atoms with Crippen molar-refractivity contribution >= 4 is 11.6 Å². The van der Waals surface area contributed by atoms with Gasteiger partial charge in [-0.05, 0) is 23.3 Å². The molecular formula is C21H19NO. The second kappa shape index (κ2) is 6.93. The van der Waals surface area contributed by atoms with E-state index >= 15 is 0 Å². The molecule has 0 saturated heterocycles. The Hall–Kier alpha value is -2.87. The Morgan fingerprint density at radius 1 is 0.696 bits per heavy atom. The molecule has 1 amide bonds. The average molecular weight is 301 g/mol. The van der Waals surface area contributed by atoms with Crippen molar-refractivity contribution in [2.75, 3.05) is 4.90 Å². The second-order valence-corrected chi connectivity index (χ2v) is 5.45. The molecule has 0 aliphatic heterocycles. The summed E-state index contributed by atoms with van der Waals surface area (Å²) in [6.07, 6.45) is 0. The topological polar surface area (TPSA) is 20.3 Å². The van der Waals surface area contributed by atoms with Crippen LogP contribution < -0.4 is 4.90 Å². The number of hydrogen-bond acceptors (Lipinski definition) is 1. The SMILES string of the molecule is CC(=O)N(c1ccccc1)C(c1ccccc1)c1ccccc1. The maximum atomic E-state index is 12.5. The molecule has 23 heavy (non-hydrogen) atoms. The van der Waals surface area contributed by atoms with Crippen LogP contribution >= 0.6 is 0 Å². The molecule has 0 spiro atoms. The highest BCUT2D eigenvalue weighted by Gasteiger charge is 2.25. The molecule has 0 aliphatic rings. The van der Waals surface area contributed by atoms with Crippen LogP contribution in [0.4, 0.5) is 5.69 Å². The van der Waals surface area contributed by atoms with Gasteiger partial charge in [-0.3, -0.25) is 4.79 Å². The van der Waals surface area contributed by atoms with Crippen molar-refractivity contribution in [2.45, 2.75) is 13.0 Å². The third-order valence-corrected chi connectivity index (χ3v) is 3.86. The highest BCUT2D eigenvalue weighted by Crippen LogP contribution is 2.32. The number of carbonyl (C=O) groups excluding carboxylic acids is 1. The molecule has 0 radical (unpaired) electrons. The van der Waals surface area contributed by atoms with Crippen molar-refractivity contribution in [1.29, 1.82) is 0 Å². The van der Waals surface area contributed by atoms with Crippen LogP contribution in [-0.4, -0.2) is 5.91 Å². The molecule has 0 N–H and O–H groups in total. The zero-order valence-corrected chi connectivity index (χ0v) is 13.1. The molecule has 3 aromatic carbocycles. The first-order chi connectivity index (χ1) is 11.3. The van der Waals surface area contributed by atoms with Crippen LogP contribution in [0.3, 0.4) is 0 Å². The van der Waals surface area contributed by atoms with E-state index in [0.717, 1.165) is 16.8 Å². The van der Waals surface area contributed by atoms with Crippen molar-refractivity contribution in [3.63, 3.8) is 0 Å². The van der Waals surface area contributed by atoms with E-state index in [1.54, 1.807) is 6.92 Å². The minimum atomic E-state index is -0.141. The van der Waals surface area contributed by atoms with Crippen LogP contribution in [0, 0.1) is 0 Å². The molecule has 3 rings (SSSR count). The number of para-hydroxylation sites is 1. The molecule has 2 nitrogen and oxygen atoms in total. The van der Waals surface area contributed by atoms with Crippen molar-refractivity contribution < 1.29 is 4.79 Å². The Morgan fingerprint density at radius 2 is 1.09 bits per heavy atom. The Morgan fingerprint density at radius 3 is 1.48 bits per heavy atom. The van der Waals surface area contributed by atoms with Gasteiger partial charge in [-0.1, -0.05) is 78.9 Å². The summed E-state index contributed by atoms with van der Waals surface area (Å²) in [5, 5.41) is 0. The minimum Gasteiger partial charge on any atom is -0.301 e. The fourth-order valence-corrected chi connectivity index (χ4v) is 2.86. The number of carbonyl (C=O) groups is 1. The van der Waals surface area contributed by atoms with Gasteiger partial charge in [0, 0.05) is 12.6 Å². The summed E-state index contributed by atoms with van der Waals surface area (Å²) in [7, 11) is 0. The number of benzene rings is 3. The van der Waals surface area contributed by atoms with Crippen molar-refractivity contribution in [3.8, 4) is 0 Å². The molecule has 0 bridgehead atoms. The minimum absolute atomic E-state index is 0.0221. The second-order valence-electron chi connectivity index (χ2n) is 5.45. The van der Waals surface area contributed by atoms with Crippen molar-refractivity contribution in [1.82, 2.24) is 0 Å². The van der Waals surface area contributed by atoms with E-state index in [9.17, 15) is 4.79 Å². The van der Waals surface area contributed by atoms with Crippen molar-refractivity contribution in [3.05, 3.63) is 102 Å². The summed E-state index contributed by atoms with van der Waals surface area (Å²) in [6.45, 7) is 1.62. The van der Waals surface area contributed by atoms with E-state index in [1.165, 1.54) is 0 Å². The molecule has 0 atom stereocenters. The van der Waals surface area contributed by atoms with Gasteiger partial charge >= 0.3 is 0 Å². The Balaban J connectivity index is 2.15. The van der Waals surface area contributed by atoms with Crippen LogP contribution in [0.1, 0.15) is 24.1 Å². The largest absolute Gasteiger partial charge is 0.301 e. The maximum Gasteiger partial charge on any atom is 0.224 e. The van der Waals surface area contributed by atoms with Gasteiger partial charge in [0.15, 0.2) is 0 Å². The first-order valence-corrected chi connectivity index (χ1v) is 7.72. The fraction of sp³-hybridized carbons (Fsp3) is 0.0952. The van der Waals surface area contributed by atoms with Gasteiger partial charge in [0.05, 0.1) is 6.04 Å². The summed E-state index contributed by atoms with van der Waals surface area (Å²) in [5.74, 6) is 0.0221. The zero-order valence-electron chi connectivity index (χ0n) is 13.1. The number of anilines is 1. The third kappa shape index (κ3) is 3.32. The van der Waals surface area contributed by atoms with E-state index in [0.29, 0.717) is 0 Å². The predicted molar refractivity (Wildman–Crippen MR) is 94.3 cm³/mol. The maximum absolute atomic E-state index is 12.5. The number of nitrogens with zero attached hydrogens (tertiary/aromatic N) is 1. The summed E-state index contributed by atoms with van der Waals surface area (Å²) in [5.41, 5.74) is 3.09. The van der Waals surface area contributed by atoms with Gasteiger partial charge < -0.3 is 4.90 Å². The molecule has 0 fully saturated rings. The first kappa shape index (κ1) is 15.0. The van der Waals surface area contributed by atoms with E-state index in [1.807, 2.05) is 71.6 Å². The normalized spacial score (nSPS) is 10.5. The van der Waals surface area contributed by atoms with Crippen LogP contribution in [-0.2, 0) is 4.79 Å². The van der Waals surface area contributed by atoms with E-state index in [4.69, 9.17) is 0 Å². The Labute approximate surface area is 137 Å². The lowest BCUT2D eigenvalue weighted by Crippen LogP contribution is -2.33. The monoisotopic (exact) mass is 301 g/mol. The number of amides is 1. The van der Waals surface area contributed by atoms with E-state index < -0.39 is 0 Å². The van der Waals surface area contributed by atoms with Crippen LogP contribution in [0.2, 0.25) is 0 Å². The molecule has 0 aromatic heterocycles. The fourth-order valence-electron chi connectivity index (χ4n) is 2.86. The molecule has 3 aromatic rings. The lowest BCUT2D eigenvalue weighted by molar-refractivity contribution is -0.116.